The Morgan fingerprint density at radius 3 is 2.80 bits per heavy atom. The number of aryl methyl sites for hydroxylation is 1. The Morgan fingerprint density at radius 1 is 1.40 bits per heavy atom. The zero-order chi connectivity index (χ0) is 10.8. The molecule has 0 spiro atoms. The summed E-state index contributed by atoms with van der Waals surface area (Å²) < 4.78 is 0. The molecule has 0 unspecified atom stereocenters. The van der Waals surface area contributed by atoms with Gasteiger partial charge in [-0.15, -0.1) is 0 Å². The van der Waals surface area contributed by atoms with E-state index in [-0.39, 0.29) is 0 Å². The molecule has 0 radical (unpaired) electrons. The standard InChI is InChI=1S/C11H11N3O/c1-7-2-3-8(6-15)9(4-7)10-5-13-14-11(10)12/h2-6H,1H3,(H3,12,13,14). The van der Waals surface area contributed by atoms with Crippen LogP contribution in [0, 0.1) is 6.92 Å². The van der Waals surface area contributed by atoms with E-state index < -0.39 is 0 Å². The third kappa shape index (κ3) is 1.61. The third-order valence-corrected chi connectivity index (χ3v) is 2.29. The molecule has 4 heteroatoms. The first-order valence-electron chi connectivity index (χ1n) is 4.57. The monoisotopic (exact) mass is 201 g/mol. The molecule has 4 nitrogen and oxygen atoms in total. The molecule has 0 atom stereocenters. The maximum absolute atomic E-state index is 10.9. The summed E-state index contributed by atoms with van der Waals surface area (Å²) in [6.45, 7) is 1.97. The van der Waals surface area contributed by atoms with E-state index in [9.17, 15) is 4.79 Å². The number of nitrogens with two attached hydrogens (primary N) is 1. The van der Waals surface area contributed by atoms with Gasteiger partial charge in [-0.3, -0.25) is 9.89 Å². The van der Waals surface area contributed by atoms with Gasteiger partial charge in [0, 0.05) is 11.1 Å². The van der Waals surface area contributed by atoms with Gasteiger partial charge >= 0.3 is 0 Å². The minimum absolute atomic E-state index is 0.476. The summed E-state index contributed by atoms with van der Waals surface area (Å²) in [7, 11) is 0. The molecule has 0 bridgehead atoms. The van der Waals surface area contributed by atoms with Gasteiger partial charge in [-0.05, 0) is 12.5 Å². The Morgan fingerprint density at radius 2 is 2.20 bits per heavy atom. The van der Waals surface area contributed by atoms with E-state index in [2.05, 4.69) is 10.2 Å². The van der Waals surface area contributed by atoms with Crippen LogP contribution in [-0.4, -0.2) is 16.5 Å². The molecular weight excluding hydrogens is 190 g/mol. The number of aldehydes is 1. The molecular formula is C11H11N3O. The fraction of sp³-hybridized carbons (Fsp3) is 0.0909. The summed E-state index contributed by atoms with van der Waals surface area (Å²) >= 11 is 0. The van der Waals surface area contributed by atoms with E-state index in [0.29, 0.717) is 11.4 Å². The van der Waals surface area contributed by atoms with E-state index in [0.717, 1.165) is 23.0 Å². The van der Waals surface area contributed by atoms with Crippen molar-refractivity contribution in [3.8, 4) is 11.1 Å². The maximum atomic E-state index is 10.9. The van der Waals surface area contributed by atoms with Gasteiger partial charge in [0.25, 0.3) is 0 Å². The van der Waals surface area contributed by atoms with Crippen molar-refractivity contribution < 1.29 is 4.79 Å². The minimum Gasteiger partial charge on any atom is -0.384 e. The lowest BCUT2D eigenvalue weighted by molar-refractivity contribution is 0.112. The lowest BCUT2D eigenvalue weighted by atomic mass is 10.0. The molecule has 0 amide bonds. The number of aromatic nitrogens is 2. The van der Waals surface area contributed by atoms with E-state index >= 15 is 0 Å². The average molecular weight is 201 g/mol. The number of nitrogens with one attached hydrogen (secondary N) is 1. The molecule has 1 aromatic heterocycles. The van der Waals surface area contributed by atoms with Crippen LogP contribution < -0.4 is 5.73 Å². The number of hydrogen-bond donors (Lipinski definition) is 2. The summed E-state index contributed by atoms with van der Waals surface area (Å²) in [5, 5.41) is 6.49. The summed E-state index contributed by atoms with van der Waals surface area (Å²) in [4.78, 5) is 10.9. The van der Waals surface area contributed by atoms with Gasteiger partial charge in [0.15, 0.2) is 6.29 Å². The smallest absolute Gasteiger partial charge is 0.150 e. The van der Waals surface area contributed by atoms with E-state index in [1.165, 1.54) is 0 Å². The van der Waals surface area contributed by atoms with Gasteiger partial charge in [0.2, 0.25) is 0 Å². The van der Waals surface area contributed by atoms with E-state index in [1.807, 2.05) is 19.1 Å². The number of anilines is 1. The highest BCUT2D eigenvalue weighted by Crippen LogP contribution is 2.27. The predicted octanol–water partition coefficient (Wildman–Crippen LogP) is 1.78. The number of hydrogen-bond acceptors (Lipinski definition) is 3. The van der Waals surface area contributed by atoms with Crippen LogP contribution in [0.25, 0.3) is 11.1 Å². The maximum Gasteiger partial charge on any atom is 0.150 e. The highest BCUT2D eigenvalue weighted by molar-refractivity contribution is 5.90. The van der Waals surface area contributed by atoms with Gasteiger partial charge in [0.1, 0.15) is 5.82 Å². The molecule has 2 aromatic rings. The van der Waals surface area contributed by atoms with Crippen LogP contribution in [0.1, 0.15) is 15.9 Å². The van der Waals surface area contributed by atoms with Crippen LogP contribution in [0.3, 0.4) is 0 Å². The Bertz CT molecular complexity index is 502. The van der Waals surface area contributed by atoms with Crippen molar-refractivity contribution in [2.75, 3.05) is 5.73 Å². The van der Waals surface area contributed by atoms with Crippen molar-refractivity contribution in [2.45, 2.75) is 6.92 Å². The Balaban J connectivity index is 2.65. The van der Waals surface area contributed by atoms with Crippen molar-refractivity contribution in [3.63, 3.8) is 0 Å². The van der Waals surface area contributed by atoms with Crippen molar-refractivity contribution in [3.05, 3.63) is 35.5 Å². The summed E-state index contributed by atoms with van der Waals surface area (Å²) in [6.07, 6.45) is 2.44. The van der Waals surface area contributed by atoms with Gasteiger partial charge in [0.05, 0.1) is 6.20 Å². The van der Waals surface area contributed by atoms with Gasteiger partial charge in [-0.1, -0.05) is 23.8 Å². The molecule has 15 heavy (non-hydrogen) atoms. The minimum atomic E-state index is 0.476. The van der Waals surface area contributed by atoms with E-state index in [4.69, 9.17) is 5.73 Å². The number of benzene rings is 1. The molecule has 0 saturated carbocycles. The lowest BCUT2D eigenvalue weighted by Gasteiger charge is -2.04. The molecule has 0 saturated heterocycles. The Labute approximate surface area is 87.1 Å². The number of nitrogen functional groups attached to an aromatic ring is 1. The quantitative estimate of drug-likeness (QED) is 0.727. The summed E-state index contributed by atoms with van der Waals surface area (Å²) in [5.74, 6) is 0.476. The molecule has 3 N–H and O–H groups in total. The number of H-pyrrole nitrogens is 1. The molecule has 1 heterocycles. The lowest BCUT2D eigenvalue weighted by Crippen LogP contribution is -1.92. The normalized spacial score (nSPS) is 10.2. The number of carbonyl (C=O) groups is 1. The zero-order valence-electron chi connectivity index (χ0n) is 8.32. The average Bonchev–Trinajstić information content (AvgIpc) is 2.64. The second-order valence-corrected chi connectivity index (χ2v) is 3.41. The molecule has 76 valence electrons. The molecule has 0 fully saturated rings. The largest absolute Gasteiger partial charge is 0.384 e. The van der Waals surface area contributed by atoms with Gasteiger partial charge in [-0.2, -0.15) is 5.10 Å². The molecule has 1 aromatic carbocycles. The topological polar surface area (TPSA) is 71.8 Å². The predicted molar refractivity (Wildman–Crippen MR) is 58.6 cm³/mol. The highest BCUT2D eigenvalue weighted by Gasteiger charge is 2.09. The molecule has 0 aliphatic carbocycles. The van der Waals surface area contributed by atoms with Crippen LogP contribution in [0.15, 0.2) is 24.4 Å². The molecule has 2 rings (SSSR count). The Hall–Kier alpha value is -2.10. The number of aromatic amines is 1. The first-order valence-corrected chi connectivity index (χ1v) is 4.57. The fourth-order valence-electron chi connectivity index (χ4n) is 1.52. The molecule has 0 aliphatic rings. The Kier molecular flexibility index (Phi) is 2.25. The summed E-state index contributed by atoms with van der Waals surface area (Å²) in [5.41, 5.74) is 8.99. The van der Waals surface area contributed by atoms with Crippen LogP contribution in [0.2, 0.25) is 0 Å². The first kappa shape index (κ1) is 9.45. The van der Waals surface area contributed by atoms with Gasteiger partial charge in [-0.25, -0.2) is 0 Å². The van der Waals surface area contributed by atoms with E-state index in [1.54, 1.807) is 12.3 Å². The van der Waals surface area contributed by atoms with Crippen LogP contribution in [0.4, 0.5) is 5.82 Å². The van der Waals surface area contributed by atoms with Crippen molar-refractivity contribution in [1.82, 2.24) is 10.2 Å². The van der Waals surface area contributed by atoms with Gasteiger partial charge < -0.3 is 5.73 Å². The second kappa shape index (κ2) is 3.57. The fourth-order valence-corrected chi connectivity index (χ4v) is 1.52. The van der Waals surface area contributed by atoms with Crippen LogP contribution in [0.5, 0.6) is 0 Å². The number of rotatable bonds is 2. The number of carbonyl (C=O) groups excluding carboxylic acids is 1. The van der Waals surface area contributed by atoms with Crippen LogP contribution in [-0.2, 0) is 0 Å². The second-order valence-electron chi connectivity index (χ2n) is 3.41. The highest BCUT2D eigenvalue weighted by atomic mass is 16.1. The number of nitrogens with zero attached hydrogens (tertiary/aromatic N) is 1. The van der Waals surface area contributed by atoms with Crippen molar-refractivity contribution in [2.24, 2.45) is 0 Å². The summed E-state index contributed by atoms with van der Waals surface area (Å²) in [6, 6.07) is 5.60. The third-order valence-electron chi connectivity index (χ3n) is 2.29. The van der Waals surface area contributed by atoms with Crippen molar-refractivity contribution >= 4 is 12.1 Å². The van der Waals surface area contributed by atoms with Crippen LogP contribution >= 0.6 is 0 Å². The SMILES string of the molecule is Cc1ccc(C=O)c(-c2cn[nH]c2N)c1. The zero-order valence-corrected chi connectivity index (χ0v) is 8.32. The van der Waals surface area contributed by atoms with Crippen molar-refractivity contribution in [1.29, 1.82) is 0 Å². The molecule has 0 aliphatic heterocycles. The first-order chi connectivity index (χ1) is 7.22.